The molecule has 0 aliphatic heterocycles. The SMILES string of the molecule is CCNC(c1csc(Br)c1)c1ccnn1C. The summed E-state index contributed by atoms with van der Waals surface area (Å²) < 4.78 is 3.08. The zero-order chi connectivity index (χ0) is 11.5. The van der Waals surface area contributed by atoms with Crippen LogP contribution in [0.15, 0.2) is 27.5 Å². The highest BCUT2D eigenvalue weighted by Gasteiger charge is 2.17. The van der Waals surface area contributed by atoms with E-state index in [4.69, 9.17) is 0 Å². The quantitative estimate of drug-likeness (QED) is 0.941. The van der Waals surface area contributed by atoms with Gasteiger partial charge in [-0.15, -0.1) is 11.3 Å². The van der Waals surface area contributed by atoms with Gasteiger partial charge in [0.2, 0.25) is 0 Å². The van der Waals surface area contributed by atoms with Crippen LogP contribution in [-0.2, 0) is 7.05 Å². The molecule has 2 rings (SSSR count). The minimum Gasteiger partial charge on any atom is -0.305 e. The van der Waals surface area contributed by atoms with Crippen molar-refractivity contribution < 1.29 is 0 Å². The van der Waals surface area contributed by atoms with Gasteiger partial charge in [-0.25, -0.2) is 0 Å². The Hall–Kier alpha value is -0.650. The average Bonchev–Trinajstić information content (AvgIpc) is 2.84. The molecule has 16 heavy (non-hydrogen) atoms. The van der Waals surface area contributed by atoms with Crippen LogP contribution in [0.1, 0.15) is 24.2 Å². The van der Waals surface area contributed by atoms with Crippen molar-refractivity contribution in [2.45, 2.75) is 13.0 Å². The summed E-state index contributed by atoms with van der Waals surface area (Å²) in [5.74, 6) is 0. The van der Waals surface area contributed by atoms with E-state index in [1.807, 2.05) is 17.9 Å². The first-order chi connectivity index (χ1) is 7.72. The number of nitrogens with one attached hydrogen (secondary N) is 1. The van der Waals surface area contributed by atoms with Crippen LogP contribution >= 0.6 is 27.3 Å². The van der Waals surface area contributed by atoms with E-state index in [2.05, 4.69) is 50.8 Å². The molecule has 86 valence electrons. The van der Waals surface area contributed by atoms with E-state index in [1.165, 1.54) is 11.3 Å². The van der Waals surface area contributed by atoms with Crippen molar-refractivity contribution in [2.24, 2.45) is 7.05 Å². The van der Waals surface area contributed by atoms with Gasteiger partial charge in [-0.2, -0.15) is 5.10 Å². The normalized spacial score (nSPS) is 12.9. The third-order valence-corrected chi connectivity index (χ3v) is 4.01. The molecule has 1 atom stereocenters. The van der Waals surface area contributed by atoms with E-state index in [0.29, 0.717) is 0 Å². The molecule has 0 saturated carbocycles. The van der Waals surface area contributed by atoms with Gasteiger partial charge in [0.25, 0.3) is 0 Å². The smallest absolute Gasteiger partial charge is 0.0756 e. The Morgan fingerprint density at radius 1 is 1.62 bits per heavy atom. The summed E-state index contributed by atoms with van der Waals surface area (Å²) in [4.78, 5) is 0. The molecular formula is C11H14BrN3S. The Labute approximate surface area is 108 Å². The van der Waals surface area contributed by atoms with Gasteiger partial charge in [-0.05, 0) is 45.6 Å². The van der Waals surface area contributed by atoms with Gasteiger partial charge in [0, 0.05) is 13.2 Å². The molecule has 2 aromatic rings. The number of aryl methyl sites for hydroxylation is 1. The first kappa shape index (κ1) is 11.8. The standard InChI is InChI=1S/C11H14BrN3S/c1-3-13-11(8-6-10(12)16-7-8)9-4-5-14-15(9)2/h4-7,11,13H,3H2,1-2H3. The predicted octanol–water partition coefficient (Wildman–Crippen LogP) is 2.94. The van der Waals surface area contributed by atoms with E-state index in [9.17, 15) is 0 Å². The number of halogens is 1. The van der Waals surface area contributed by atoms with Crippen molar-refractivity contribution in [2.75, 3.05) is 6.54 Å². The monoisotopic (exact) mass is 299 g/mol. The lowest BCUT2D eigenvalue weighted by Crippen LogP contribution is -2.23. The maximum absolute atomic E-state index is 4.22. The van der Waals surface area contributed by atoms with Gasteiger partial charge in [0.1, 0.15) is 0 Å². The molecular weight excluding hydrogens is 286 g/mol. The summed E-state index contributed by atoms with van der Waals surface area (Å²) in [7, 11) is 1.97. The fourth-order valence-corrected chi connectivity index (χ4v) is 2.94. The highest BCUT2D eigenvalue weighted by molar-refractivity contribution is 9.11. The fourth-order valence-electron chi connectivity index (χ4n) is 1.74. The summed E-state index contributed by atoms with van der Waals surface area (Å²) in [6.45, 7) is 3.05. The molecule has 0 amide bonds. The van der Waals surface area contributed by atoms with Gasteiger partial charge >= 0.3 is 0 Å². The molecule has 0 bridgehead atoms. The molecule has 1 unspecified atom stereocenters. The Bertz CT molecular complexity index is 463. The molecule has 0 aromatic carbocycles. The van der Waals surface area contributed by atoms with Gasteiger partial charge in [0.15, 0.2) is 0 Å². The van der Waals surface area contributed by atoms with Crippen molar-refractivity contribution in [3.63, 3.8) is 0 Å². The van der Waals surface area contributed by atoms with Crippen molar-refractivity contribution >= 4 is 27.3 Å². The number of aromatic nitrogens is 2. The Balaban J connectivity index is 2.34. The Morgan fingerprint density at radius 3 is 2.94 bits per heavy atom. The molecule has 0 aliphatic carbocycles. The minimum atomic E-state index is 0.222. The first-order valence-corrected chi connectivity index (χ1v) is 6.85. The van der Waals surface area contributed by atoms with E-state index < -0.39 is 0 Å². The molecule has 0 spiro atoms. The molecule has 0 radical (unpaired) electrons. The second kappa shape index (κ2) is 5.12. The molecule has 0 fully saturated rings. The largest absolute Gasteiger partial charge is 0.305 e. The fraction of sp³-hybridized carbons (Fsp3) is 0.364. The molecule has 0 aliphatic rings. The average molecular weight is 300 g/mol. The summed E-state index contributed by atoms with van der Waals surface area (Å²) in [5, 5.41) is 9.87. The lowest BCUT2D eigenvalue weighted by atomic mass is 10.1. The zero-order valence-electron chi connectivity index (χ0n) is 9.27. The first-order valence-electron chi connectivity index (χ1n) is 5.17. The molecule has 2 heterocycles. The summed E-state index contributed by atoms with van der Waals surface area (Å²) in [5.41, 5.74) is 2.47. The van der Waals surface area contributed by atoms with Crippen LogP contribution in [0.2, 0.25) is 0 Å². The molecule has 2 aromatic heterocycles. The molecule has 0 saturated heterocycles. The van der Waals surface area contributed by atoms with E-state index in [1.54, 1.807) is 11.3 Å². The van der Waals surface area contributed by atoms with Crippen LogP contribution in [0.5, 0.6) is 0 Å². The summed E-state index contributed by atoms with van der Waals surface area (Å²) in [6, 6.07) is 4.43. The van der Waals surface area contributed by atoms with Crippen LogP contribution < -0.4 is 5.32 Å². The number of rotatable bonds is 4. The molecule has 1 N–H and O–H groups in total. The Morgan fingerprint density at radius 2 is 2.44 bits per heavy atom. The number of hydrogen-bond acceptors (Lipinski definition) is 3. The van der Waals surface area contributed by atoms with E-state index in [-0.39, 0.29) is 6.04 Å². The number of hydrogen-bond donors (Lipinski definition) is 1. The van der Waals surface area contributed by atoms with Crippen molar-refractivity contribution in [3.8, 4) is 0 Å². The number of thiophene rings is 1. The maximum atomic E-state index is 4.22. The highest BCUT2D eigenvalue weighted by Crippen LogP contribution is 2.28. The van der Waals surface area contributed by atoms with Crippen LogP contribution in [0, 0.1) is 0 Å². The van der Waals surface area contributed by atoms with Crippen molar-refractivity contribution in [1.29, 1.82) is 0 Å². The second-order valence-corrected chi connectivity index (χ2v) is 5.84. The van der Waals surface area contributed by atoms with Crippen LogP contribution in [0.4, 0.5) is 0 Å². The summed E-state index contributed by atoms with van der Waals surface area (Å²) >= 11 is 5.21. The highest BCUT2D eigenvalue weighted by atomic mass is 79.9. The molecule has 5 heteroatoms. The van der Waals surface area contributed by atoms with E-state index >= 15 is 0 Å². The third-order valence-electron chi connectivity index (χ3n) is 2.48. The lowest BCUT2D eigenvalue weighted by molar-refractivity contribution is 0.574. The predicted molar refractivity (Wildman–Crippen MR) is 70.7 cm³/mol. The maximum Gasteiger partial charge on any atom is 0.0756 e. The van der Waals surface area contributed by atoms with Gasteiger partial charge in [-0.1, -0.05) is 6.92 Å². The van der Waals surface area contributed by atoms with Crippen molar-refractivity contribution in [1.82, 2.24) is 15.1 Å². The van der Waals surface area contributed by atoms with Gasteiger partial charge < -0.3 is 5.32 Å². The zero-order valence-corrected chi connectivity index (χ0v) is 11.7. The number of nitrogens with zero attached hydrogens (tertiary/aromatic N) is 2. The van der Waals surface area contributed by atoms with Crippen LogP contribution in [-0.4, -0.2) is 16.3 Å². The second-order valence-electron chi connectivity index (χ2n) is 3.55. The summed E-state index contributed by atoms with van der Waals surface area (Å²) in [6.07, 6.45) is 1.83. The van der Waals surface area contributed by atoms with Gasteiger partial charge in [-0.3, -0.25) is 4.68 Å². The van der Waals surface area contributed by atoms with Gasteiger partial charge in [0.05, 0.1) is 15.5 Å². The van der Waals surface area contributed by atoms with E-state index in [0.717, 1.165) is 10.3 Å². The van der Waals surface area contributed by atoms with Crippen molar-refractivity contribution in [3.05, 3.63) is 38.8 Å². The van der Waals surface area contributed by atoms with Crippen LogP contribution in [0.3, 0.4) is 0 Å². The minimum absolute atomic E-state index is 0.222. The van der Waals surface area contributed by atoms with Crippen LogP contribution in [0.25, 0.3) is 0 Å². The third kappa shape index (κ3) is 2.36. The molecule has 3 nitrogen and oxygen atoms in total. The topological polar surface area (TPSA) is 29.9 Å². The Kier molecular flexibility index (Phi) is 3.78. The lowest BCUT2D eigenvalue weighted by Gasteiger charge is -2.16.